The molecule has 1 aliphatic heterocycles. The maximum atomic E-state index is 10.4. The lowest BCUT2D eigenvalue weighted by Gasteiger charge is -2.57. The van der Waals surface area contributed by atoms with E-state index in [2.05, 4.69) is 110 Å². The highest BCUT2D eigenvalue weighted by molar-refractivity contribution is 6.74. The Balaban J connectivity index is 2.04. The van der Waals surface area contributed by atoms with Crippen molar-refractivity contribution in [3.63, 3.8) is 0 Å². The summed E-state index contributed by atoms with van der Waals surface area (Å²) in [6.45, 7) is 27.7. The van der Waals surface area contributed by atoms with Gasteiger partial charge >= 0.3 is 0 Å². The van der Waals surface area contributed by atoms with Gasteiger partial charge in [0.25, 0.3) is 0 Å². The molecule has 230 valence electrons. The Morgan fingerprint density at radius 3 is 2.00 bits per heavy atom. The molecule has 2 aliphatic rings. The summed E-state index contributed by atoms with van der Waals surface area (Å²) in [7, 11) is -3.75. The van der Waals surface area contributed by atoms with Crippen LogP contribution in [0.2, 0.25) is 36.3 Å². The SMILES string of the molecule is C[C@H](CO)[C@H]1CCC[C@]12CCC[C@@H](CCO[Si](C)(C)C(C)(C)C)N2[C@@H](CO[Si](C)(C)C(C)(C)C)c1ccccc1. The first-order valence-electron chi connectivity index (χ1n) is 16.2. The van der Waals surface area contributed by atoms with E-state index in [1.165, 1.54) is 44.1 Å². The van der Waals surface area contributed by atoms with E-state index >= 15 is 0 Å². The first-order chi connectivity index (χ1) is 18.5. The minimum absolute atomic E-state index is 0.110. The summed E-state index contributed by atoms with van der Waals surface area (Å²) in [4.78, 5) is 2.96. The van der Waals surface area contributed by atoms with Crippen LogP contribution in [0.25, 0.3) is 0 Å². The van der Waals surface area contributed by atoms with Crippen molar-refractivity contribution in [2.45, 2.75) is 147 Å². The molecule has 1 aromatic carbocycles. The smallest absolute Gasteiger partial charge is 0.192 e. The molecule has 6 heteroatoms. The molecular formula is C34H63NO3Si2. The van der Waals surface area contributed by atoms with Gasteiger partial charge in [-0.1, -0.05) is 91.6 Å². The second kappa shape index (κ2) is 13.0. The third-order valence-corrected chi connectivity index (χ3v) is 20.5. The van der Waals surface area contributed by atoms with Crippen LogP contribution in [0.15, 0.2) is 30.3 Å². The van der Waals surface area contributed by atoms with Gasteiger partial charge in [-0.3, -0.25) is 4.90 Å². The lowest BCUT2D eigenvalue weighted by Crippen LogP contribution is -2.62. The fraction of sp³-hybridized carbons (Fsp3) is 0.824. The fourth-order valence-corrected chi connectivity index (χ4v) is 9.03. The molecule has 4 nitrogen and oxygen atoms in total. The highest BCUT2D eigenvalue weighted by atomic mass is 28.4. The molecule has 1 aliphatic carbocycles. The van der Waals surface area contributed by atoms with Crippen LogP contribution in [0.1, 0.15) is 105 Å². The van der Waals surface area contributed by atoms with Crippen molar-refractivity contribution in [3.05, 3.63) is 35.9 Å². The minimum atomic E-state index is -1.94. The summed E-state index contributed by atoms with van der Waals surface area (Å²) in [5, 5.41) is 10.8. The van der Waals surface area contributed by atoms with Gasteiger partial charge in [0.05, 0.1) is 12.6 Å². The van der Waals surface area contributed by atoms with Crippen molar-refractivity contribution in [2.75, 3.05) is 19.8 Å². The van der Waals surface area contributed by atoms with Crippen molar-refractivity contribution >= 4 is 16.6 Å². The van der Waals surface area contributed by atoms with Gasteiger partial charge in [-0.05, 0) is 85.8 Å². The first kappa shape index (κ1) is 34.0. The van der Waals surface area contributed by atoms with E-state index in [0.29, 0.717) is 17.9 Å². The average Bonchev–Trinajstić information content (AvgIpc) is 3.27. The van der Waals surface area contributed by atoms with E-state index in [1.807, 2.05) is 0 Å². The van der Waals surface area contributed by atoms with Crippen LogP contribution >= 0.6 is 0 Å². The molecule has 1 saturated heterocycles. The van der Waals surface area contributed by atoms with Crippen LogP contribution in [-0.4, -0.2) is 58.0 Å². The Bertz CT molecular complexity index is 923. The molecule has 3 rings (SSSR count). The molecule has 0 radical (unpaired) electrons. The summed E-state index contributed by atoms with van der Waals surface area (Å²) < 4.78 is 13.8. The third kappa shape index (κ3) is 7.34. The van der Waals surface area contributed by atoms with Crippen molar-refractivity contribution in [2.24, 2.45) is 11.8 Å². The molecule has 5 atom stereocenters. The Morgan fingerprint density at radius 1 is 0.900 bits per heavy atom. The number of benzene rings is 1. The van der Waals surface area contributed by atoms with Crippen LogP contribution < -0.4 is 0 Å². The summed E-state index contributed by atoms with van der Waals surface area (Å²) >= 11 is 0. The number of hydrogen-bond donors (Lipinski definition) is 1. The molecule has 1 saturated carbocycles. The van der Waals surface area contributed by atoms with Crippen molar-refractivity contribution in [1.82, 2.24) is 4.90 Å². The Morgan fingerprint density at radius 2 is 1.45 bits per heavy atom. The predicted octanol–water partition coefficient (Wildman–Crippen LogP) is 9.18. The molecule has 0 bridgehead atoms. The second-order valence-electron chi connectivity index (χ2n) is 16.1. The van der Waals surface area contributed by atoms with Crippen LogP contribution in [0.5, 0.6) is 0 Å². The van der Waals surface area contributed by atoms with Gasteiger partial charge in [0.1, 0.15) is 0 Å². The van der Waals surface area contributed by atoms with Gasteiger partial charge in [0.2, 0.25) is 0 Å². The molecule has 1 aromatic rings. The topological polar surface area (TPSA) is 41.9 Å². The zero-order chi connectivity index (χ0) is 30.0. The molecule has 1 N–H and O–H groups in total. The van der Waals surface area contributed by atoms with Crippen LogP contribution in [0.3, 0.4) is 0 Å². The Hall–Kier alpha value is -0.506. The lowest BCUT2D eigenvalue weighted by atomic mass is 9.70. The molecule has 0 unspecified atom stereocenters. The standard InChI is InChI=1S/C34H63NO3Si2/c1-27(25-36)30-20-16-23-34(30)22-15-19-29(21-24-37-39(8,9)32(2,3)4)35(34)31(28-17-13-12-14-18-28)26-38-40(10,11)33(5,6)7/h12-14,17-18,27,29-31,36H,15-16,19-26H2,1-11H3/t27-,29+,30-,31+,34-/m1/s1. The number of nitrogens with zero attached hydrogens (tertiary/aromatic N) is 1. The van der Waals surface area contributed by atoms with Gasteiger partial charge in [-0.2, -0.15) is 0 Å². The zero-order valence-corrected chi connectivity index (χ0v) is 30.0. The molecule has 0 aromatic heterocycles. The van der Waals surface area contributed by atoms with E-state index in [-0.39, 0.29) is 28.3 Å². The summed E-state index contributed by atoms with van der Waals surface area (Å²) in [5.41, 5.74) is 1.49. The second-order valence-corrected chi connectivity index (χ2v) is 25.7. The van der Waals surface area contributed by atoms with Gasteiger partial charge < -0.3 is 14.0 Å². The van der Waals surface area contributed by atoms with Gasteiger partial charge in [-0.25, -0.2) is 0 Å². The summed E-state index contributed by atoms with van der Waals surface area (Å²) in [5.74, 6) is 0.825. The van der Waals surface area contributed by atoms with Crippen molar-refractivity contribution in [3.8, 4) is 0 Å². The maximum Gasteiger partial charge on any atom is 0.192 e. The van der Waals surface area contributed by atoms with Crippen LogP contribution in [0.4, 0.5) is 0 Å². The highest BCUT2D eigenvalue weighted by Gasteiger charge is 2.55. The van der Waals surface area contributed by atoms with Gasteiger partial charge in [0, 0.05) is 24.8 Å². The van der Waals surface area contributed by atoms with E-state index in [1.54, 1.807) is 0 Å². The largest absolute Gasteiger partial charge is 0.417 e. The number of piperidine rings is 1. The van der Waals surface area contributed by atoms with Gasteiger partial charge in [-0.15, -0.1) is 0 Å². The first-order valence-corrected chi connectivity index (χ1v) is 22.0. The zero-order valence-electron chi connectivity index (χ0n) is 28.0. The highest BCUT2D eigenvalue weighted by Crippen LogP contribution is 2.54. The van der Waals surface area contributed by atoms with Crippen LogP contribution in [-0.2, 0) is 8.85 Å². The normalized spacial score (nSPS) is 26.8. The quantitative estimate of drug-likeness (QED) is 0.261. The number of rotatable bonds is 11. The fourth-order valence-electron chi connectivity index (χ4n) is 6.96. The Labute approximate surface area is 249 Å². The van der Waals surface area contributed by atoms with E-state index in [9.17, 15) is 5.11 Å². The Kier molecular flexibility index (Phi) is 11.1. The molecule has 40 heavy (non-hydrogen) atoms. The van der Waals surface area contributed by atoms with Crippen molar-refractivity contribution < 1.29 is 14.0 Å². The van der Waals surface area contributed by atoms with E-state index < -0.39 is 16.6 Å². The molecule has 1 heterocycles. The van der Waals surface area contributed by atoms with E-state index in [0.717, 1.165) is 19.6 Å². The summed E-state index contributed by atoms with van der Waals surface area (Å²) in [6.07, 6.45) is 8.47. The number of likely N-dealkylation sites (tertiary alicyclic amines) is 1. The lowest BCUT2D eigenvalue weighted by molar-refractivity contribution is -0.0911. The predicted molar refractivity (Wildman–Crippen MR) is 176 cm³/mol. The number of aliphatic hydroxyl groups is 1. The van der Waals surface area contributed by atoms with Crippen LogP contribution in [0, 0.1) is 11.8 Å². The maximum absolute atomic E-state index is 10.4. The molecule has 0 amide bonds. The van der Waals surface area contributed by atoms with Gasteiger partial charge in [0.15, 0.2) is 16.6 Å². The monoisotopic (exact) mass is 589 g/mol. The molecular weight excluding hydrogens is 527 g/mol. The third-order valence-electron chi connectivity index (χ3n) is 11.5. The minimum Gasteiger partial charge on any atom is -0.417 e. The van der Waals surface area contributed by atoms with Crippen molar-refractivity contribution in [1.29, 1.82) is 0 Å². The molecule has 1 spiro atoms. The molecule has 2 fully saturated rings. The average molecular weight is 590 g/mol. The van der Waals surface area contributed by atoms with E-state index in [4.69, 9.17) is 8.85 Å². The number of aliphatic hydroxyl groups excluding tert-OH is 1. The number of hydrogen-bond acceptors (Lipinski definition) is 4. The summed E-state index contributed by atoms with van der Waals surface area (Å²) in [6, 6.07) is 11.8.